The first-order chi connectivity index (χ1) is 18.5. The smallest absolute Gasteiger partial charge is 0.338 e. The van der Waals surface area contributed by atoms with Gasteiger partial charge in [-0.25, -0.2) is 9.79 Å². The summed E-state index contributed by atoms with van der Waals surface area (Å²) in [6.07, 6.45) is 1.84. The molecular weight excluding hydrogens is 496 g/mol. The topological polar surface area (TPSA) is 83.9 Å². The van der Waals surface area contributed by atoms with Crippen molar-refractivity contribution in [1.29, 1.82) is 0 Å². The van der Waals surface area contributed by atoms with Gasteiger partial charge in [-0.05, 0) is 37.0 Å². The Hall–Kier alpha value is -4.17. The van der Waals surface area contributed by atoms with Crippen LogP contribution in [0.5, 0.6) is 0 Å². The van der Waals surface area contributed by atoms with E-state index in [-0.39, 0.29) is 18.9 Å². The molecular formula is C30H28N4O3S. The Morgan fingerprint density at radius 3 is 2.61 bits per heavy atom. The number of aryl methyl sites for hydroxylation is 1. The van der Waals surface area contributed by atoms with Crippen LogP contribution in [0.2, 0.25) is 0 Å². The maximum atomic E-state index is 13.5. The molecule has 8 heteroatoms. The summed E-state index contributed by atoms with van der Waals surface area (Å²) in [7, 11) is 0. The van der Waals surface area contributed by atoms with Gasteiger partial charge < -0.3 is 15.0 Å². The number of nitrogens with one attached hydrogen (secondary N) is 1. The number of amides is 1. The lowest BCUT2D eigenvalue weighted by Gasteiger charge is -2.37. The van der Waals surface area contributed by atoms with E-state index in [0.29, 0.717) is 17.8 Å². The third-order valence-electron chi connectivity index (χ3n) is 6.25. The van der Waals surface area contributed by atoms with E-state index in [2.05, 4.69) is 16.4 Å². The lowest BCUT2D eigenvalue weighted by atomic mass is 9.90. The van der Waals surface area contributed by atoms with Crippen molar-refractivity contribution in [3.05, 3.63) is 118 Å². The van der Waals surface area contributed by atoms with E-state index in [9.17, 15) is 9.59 Å². The van der Waals surface area contributed by atoms with Gasteiger partial charge in [-0.15, -0.1) is 0 Å². The second-order valence-electron chi connectivity index (χ2n) is 8.93. The van der Waals surface area contributed by atoms with Gasteiger partial charge >= 0.3 is 5.97 Å². The zero-order valence-electron chi connectivity index (χ0n) is 21.3. The predicted molar refractivity (Wildman–Crippen MR) is 150 cm³/mol. The first-order valence-corrected chi connectivity index (χ1v) is 13.4. The van der Waals surface area contributed by atoms with Crippen LogP contribution in [0, 0.1) is 6.92 Å². The van der Waals surface area contributed by atoms with Gasteiger partial charge in [-0.3, -0.25) is 9.78 Å². The van der Waals surface area contributed by atoms with Crippen LogP contribution in [-0.4, -0.2) is 33.5 Å². The molecule has 38 heavy (non-hydrogen) atoms. The Kier molecular flexibility index (Phi) is 7.70. The zero-order valence-corrected chi connectivity index (χ0v) is 22.1. The van der Waals surface area contributed by atoms with Gasteiger partial charge in [0.25, 0.3) is 0 Å². The fourth-order valence-corrected chi connectivity index (χ4v) is 5.48. The normalized spacial score (nSPS) is 16.5. The molecule has 5 rings (SSSR count). The maximum absolute atomic E-state index is 13.5. The average molecular weight is 525 g/mol. The summed E-state index contributed by atoms with van der Waals surface area (Å²) in [4.78, 5) is 37.7. The van der Waals surface area contributed by atoms with Gasteiger partial charge in [0.05, 0.1) is 42.6 Å². The number of carbonyl (C=O) groups excluding carboxylic acids is 2. The van der Waals surface area contributed by atoms with E-state index in [4.69, 9.17) is 9.73 Å². The predicted octanol–water partition coefficient (Wildman–Crippen LogP) is 5.37. The highest BCUT2D eigenvalue weighted by atomic mass is 32.2. The molecule has 7 nitrogen and oxygen atoms in total. The van der Waals surface area contributed by atoms with Crippen LogP contribution < -0.4 is 5.32 Å². The molecule has 3 heterocycles. The molecule has 1 aromatic heterocycles. The molecule has 0 saturated carbocycles. The van der Waals surface area contributed by atoms with Gasteiger partial charge in [0.1, 0.15) is 0 Å². The van der Waals surface area contributed by atoms with Crippen LogP contribution in [-0.2, 0) is 20.9 Å². The number of hydrogen-bond acceptors (Lipinski definition) is 7. The van der Waals surface area contributed by atoms with E-state index in [1.54, 1.807) is 13.1 Å². The quantitative estimate of drug-likeness (QED) is 0.399. The Bertz CT molecular complexity index is 1430. The molecule has 2 aliphatic heterocycles. The minimum atomic E-state index is -0.499. The summed E-state index contributed by atoms with van der Waals surface area (Å²) >= 11 is 1.45. The maximum Gasteiger partial charge on any atom is 0.338 e. The van der Waals surface area contributed by atoms with E-state index >= 15 is 0 Å². The Morgan fingerprint density at radius 1 is 1.05 bits per heavy atom. The first-order valence-electron chi connectivity index (χ1n) is 12.5. The SMILES string of the molecule is CCOC(=O)C1=C(c2ccccc2)N=C2SC=C(CC(=O)NCc3ccccn3)N2[C@H]1c1cccc(C)c1. The molecule has 0 spiro atoms. The standard InChI is InChI=1S/C30H28N4O3S/c1-3-37-29(36)26-27(21-11-5-4-6-12-21)33-30-34(28(26)22-13-9-10-20(2)16-22)24(19-38-30)17-25(35)32-18-23-14-7-8-15-31-23/h4-16,19,28H,3,17-18H2,1-2H3,(H,32,35)/t28-/m0/s1. The molecule has 1 amide bonds. The van der Waals surface area contributed by atoms with Crippen LogP contribution >= 0.6 is 11.8 Å². The van der Waals surface area contributed by atoms with Gasteiger partial charge in [-0.1, -0.05) is 78.0 Å². The van der Waals surface area contributed by atoms with Crippen molar-refractivity contribution in [2.45, 2.75) is 32.9 Å². The number of carbonyl (C=O) groups is 2. The van der Waals surface area contributed by atoms with E-state index in [1.807, 2.05) is 84.0 Å². The van der Waals surface area contributed by atoms with E-state index in [1.165, 1.54) is 11.8 Å². The molecule has 0 bridgehead atoms. The van der Waals surface area contributed by atoms with Crippen LogP contribution in [0.3, 0.4) is 0 Å². The first kappa shape index (κ1) is 25.5. The second-order valence-corrected chi connectivity index (χ2v) is 9.77. The third-order valence-corrected chi connectivity index (χ3v) is 7.13. The minimum absolute atomic E-state index is 0.137. The highest BCUT2D eigenvalue weighted by Gasteiger charge is 2.42. The van der Waals surface area contributed by atoms with Gasteiger partial charge in [-0.2, -0.15) is 0 Å². The number of fused-ring (bicyclic) bond motifs is 1. The molecule has 2 aromatic carbocycles. The second kappa shape index (κ2) is 11.5. The largest absolute Gasteiger partial charge is 0.463 e. The van der Waals surface area contributed by atoms with Crippen LogP contribution in [0.4, 0.5) is 0 Å². The summed E-state index contributed by atoms with van der Waals surface area (Å²) in [5.74, 6) is -0.557. The Labute approximate surface area is 226 Å². The van der Waals surface area contributed by atoms with E-state index in [0.717, 1.165) is 33.2 Å². The number of thioether (sulfide) groups is 1. The lowest BCUT2D eigenvalue weighted by Crippen LogP contribution is -2.38. The number of nitrogens with zero attached hydrogens (tertiary/aromatic N) is 3. The Morgan fingerprint density at radius 2 is 1.87 bits per heavy atom. The fourth-order valence-electron chi connectivity index (χ4n) is 4.56. The van der Waals surface area contributed by atoms with Crippen molar-refractivity contribution in [3.63, 3.8) is 0 Å². The molecule has 0 fully saturated rings. The van der Waals surface area contributed by atoms with Crippen LogP contribution in [0.1, 0.15) is 41.8 Å². The zero-order chi connectivity index (χ0) is 26.5. The van der Waals surface area contributed by atoms with E-state index < -0.39 is 12.0 Å². The number of esters is 1. The van der Waals surface area contributed by atoms with Crippen LogP contribution in [0.15, 0.2) is 101 Å². The molecule has 0 unspecified atom stereocenters. The molecule has 2 aliphatic rings. The summed E-state index contributed by atoms with van der Waals surface area (Å²) in [5.41, 5.74) is 5.43. The fraction of sp³-hybridized carbons (Fsp3) is 0.200. The molecule has 0 aliphatic carbocycles. The number of pyridine rings is 1. The van der Waals surface area contributed by atoms with Crippen molar-refractivity contribution in [1.82, 2.24) is 15.2 Å². The third kappa shape index (κ3) is 5.40. The number of benzene rings is 2. The molecule has 192 valence electrons. The summed E-state index contributed by atoms with van der Waals surface area (Å²) < 4.78 is 5.56. The van der Waals surface area contributed by atoms with Crippen molar-refractivity contribution >= 4 is 34.5 Å². The highest BCUT2D eigenvalue weighted by Crippen LogP contribution is 2.47. The average Bonchev–Trinajstić information content (AvgIpc) is 3.34. The summed E-state index contributed by atoms with van der Waals surface area (Å²) in [5, 5.41) is 5.61. The molecule has 0 radical (unpaired) electrons. The monoisotopic (exact) mass is 524 g/mol. The highest BCUT2D eigenvalue weighted by molar-refractivity contribution is 8.16. The van der Waals surface area contributed by atoms with Crippen molar-refractivity contribution < 1.29 is 14.3 Å². The Balaban J connectivity index is 1.53. The van der Waals surface area contributed by atoms with Crippen molar-refractivity contribution in [2.75, 3.05) is 6.61 Å². The number of rotatable bonds is 8. The molecule has 0 saturated heterocycles. The number of aromatic nitrogens is 1. The minimum Gasteiger partial charge on any atom is -0.463 e. The molecule has 1 N–H and O–H groups in total. The summed E-state index contributed by atoms with van der Waals surface area (Å²) in [6.45, 7) is 4.40. The van der Waals surface area contributed by atoms with Gasteiger partial charge in [0.2, 0.25) is 5.91 Å². The van der Waals surface area contributed by atoms with Crippen molar-refractivity contribution in [3.8, 4) is 0 Å². The number of hydrogen-bond donors (Lipinski definition) is 1. The summed E-state index contributed by atoms with van der Waals surface area (Å²) in [6, 6.07) is 22.9. The van der Waals surface area contributed by atoms with Gasteiger partial charge in [0.15, 0.2) is 5.17 Å². The van der Waals surface area contributed by atoms with Gasteiger partial charge in [0, 0.05) is 17.5 Å². The lowest BCUT2D eigenvalue weighted by molar-refractivity contribution is -0.139. The number of aliphatic imine (C=N–C) groups is 1. The number of amidine groups is 1. The molecule has 1 atom stereocenters. The number of ether oxygens (including phenoxy) is 1. The van der Waals surface area contributed by atoms with Crippen molar-refractivity contribution in [2.24, 2.45) is 4.99 Å². The van der Waals surface area contributed by atoms with Crippen LogP contribution in [0.25, 0.3) is 5.70 Å². The molecule has 3 aromatic rings.